The normalized spacial score (nSPS) is 14.8. The van der Waals surface area contributed by atoms with E-state index in [9.17, 15) is 4.39 Å². The molecule has 1 aromatic heterocycles. The van der Waals surface area contributed by atoms with Gasteiger partial charge in [0.2, 0.25) is 0 Å². The lowest BCUT2D eigenvalue weighted by Crippen LogP contribution is -2.41. The van der Waals surface area contributed by atoms with Crippen molar-refractivity contribution in [2.24, 2.45) is 4.99 Å². The molecule has 0 aliphatic carbocycles. The SMILES string of the molecule is CCNC(=NCc1ccnc(N2CCCC2)c1)NCC(C)Oc1cccc(F)c1.I. The van der Waals surface area contributed by atoms with Gasteiger partial charge in [-0.05, 0) is 56.5 Å². The number of ether oxygens (including phenoxy) is 1. The summed E-state index contributed by atoms with van der Waals surface area (Å²) in [5.74, 6) is 1.97. The van der Waals surface area contributed by atoms with Crippen LogP contribution >= 0.6 is 24.0 Å². The molecular formula is C22H31FIN5O. The topological polar surface area (TPSA) is 61.8 Å². The summed E-state index contributed by atoms with van der Waals surface area (Å²) in [7, 11) is 0. The number of halogens is 2. The van der Waals surface area contributed by atoms with Gasteiger partial charge in [-0.1, -0.05) is 6.07 Å². The summed E-state index contributed by atoms with van der Waals surface area (Å²) in [4.78, 5) is 11.5. The molecule has 2 heterocycles. The minimum absolute atomic E-state index is 0. The summed E-state index contributed by atoms with van der Waals surface area (Å²) in [5, 5.41) is 6.54. The molecule has 30 heavy (non-hydrogen) atoms. The van der Waals surface area contributed by atoms with Gasteiger partial charge in [0, 0.05) is 31.9 Å². The number of hydrogen-bond acceptors (Lipinski definition) is 4. The number of guanidine groups is 1. The van der Waals surface area contributed by atoms with Crippen molar-refractivity contribution in [3.05, 3.63) is 54.0 Å². The molecule has 8 heteroatoms. The van der Waals surface area contributed by atoms with Gasteiger partial charge in [0.25, 0.3) is 0 Å². The molecule has 164 valence electrons. The average Bonchev–Trinajstić information content (AvgIpc) is 3.25. The van der Waals surface area contributed by atoms with Crippen LogP contribution in [-0.4, -0.2) is 43.2 Å². The van der Waals surface area contributed by atoms with Gasteiger partial charge in [-0.25, -0.2) is 14.4 Å². The average molecular weight is 527 g/mol. The zero-order valence-corrected chi connectivity index (χ0v) is 19.9. The highest BCUT2D eigenvalue weighted by atomic mass is 127. The fourth-order valence-corrected chi connectivity index (χ4v) is 3.24. The molecule has 1 aliphatic rings. The number of aromatic nitrogens is 1. The highest BCUT2D eigenvalue weighted by molar-refractivity contribution is 14.0. The van der Waals surface area contributed by atoms with E-state index >= 15 is 0 Å². The molecule has 0 amide bonds. The zero-order chi connectivity index (χ0) is 20.5. The summed E-state index contributed by atoms with van der Waals surface area (Å²) in [6.45, 7) is 8.00. The first kappa shape index (κ1) is 24.2. The number of anilines is 1. The number of nitrogens with zero attached hydrogens (tertiary/aromatic N) is 3. The van der Waals surface area contributed by atoms with Crippen molar-refractivity contribution >= 4 is 35.8 Å². The van der Waals surface area contributed by atoms with Gasteiger partial charge in [-0.2, -0.15) is 0 Å². The molecule has 3 rings (SSSR count). The highest BCUT2D eigenvalue weighted by Gasteiger charge is 2.13. The number of pyridine rings is 1. The Balaban J connectivity index is 0.00000320. The Morgan fingerprint density at radius 3 is 2.77 bits per heavy atom. The molecular weight excluding hydrogens is 496 g/mol. The van der Waals surface area contributed by atoms with Crippen molar-refractivity contribution in [2.75, 3.05) is 31.1 Å². The molecule has 0 radical (unpaired) electrons. The minimum atomic E-state index is -0.303. The Labute approximate surface area is 195 Å². The zero-order valence-electron chi connectivity index (χ0n) is 17.6. The fraction of sp³-hybridized carbons (Fsp3) is 0.455. The van der Waals surface area contributed by atoms with Crippen molar-refractivity contribution < 1.29 is 9.13 Å². The molecule has 2 aromatic rings. The number of nitrogens with one attached hydrogen (secondary N) is 2. The Bertz CT molecular complexity index is 814. The summed E-state index contributed by atoms with van der Waals surface area (Å²) in [5.41, 5.74) is 1.13. The van der Waals surface area contributed by atoms with E-state index in [2.05, 4.69) is 31.6 Å². The molecule has 1 aromatic carbocycles. The second-order valence-electron chi connectivity index (χ2n) is 7.18. The third-order valence-electron chi connectivity index (χ3n) is 4.69. The third-order valence-corrected chi connectivity index (χ3v) is 4.69. The monoisotopic (exact) mass is 527 g/mol. The van der Waals surface area contributed by atoms with E-state index in [1.54, 1.807) is 12.1 Å². The van der Waals surface area contributed by atoms with Gasteiger partial charge < -0.3 is 20.3 Å². The van der Waals surface area contributed by atoms with Crippen LogP contribution in [0, 0.1) is 5.82 Å². The first-order valence-corrected chi connectivity index (χ1v) is 10.3. The fourth-order valence-electron chi connectivity index (χ4n) is 3.24. The van der Waals surface area contributed by atoms with Crippen LogP contribution in [0.1, 0.15) is 32.3 Å². The Kier molecular flexibility index (Phi) is 10.1. The third kappa shape index (κ3) is 7.62. The van der Waals surface area contributed by atoms with Gasteiger partial charge in [0.05, 0.1) is 13.1 Å². The number of hydrogen-bond donors (Lipinski definition) is 2. The number of rotatable bonds is 8. The molecule has 2 N–H and O–H groups in total. The molecule has 0 saturated carbocycles. The van der Waals surface area contributed by atoms with Crippen LogP contribution in [0.15, 0.2) is 47.6 Å². The van der Waals surface area contributed by atoms with Crippen molar-refractivity contribution in [1.82, 2.24) is 15.6 Å². The van der Waals surface area contributed by atoms with Crippen LogP contribution < -0.4 is 20.3 Å². The van der Waals surface area contributed by atoms with Crippen LogP contribution in [-0.2, 0) is 6.54 Å². The molecule has 1 unspecified atom stereocenters. The first-order valence-electron chi connectivity index (χ1n) is 10.3. The Morgan fingerprint density at radius 1 is 1.23 bits per heavy atom. The number of benzene rings is 1. The Hall–Kier alpha value is -2.10. The van der Waals surface area contributed by atoms with E-state index in [0.717, 1.165) is 37.0 Å². The lowest BCUT2D eigenvalue weighted by molar-refractivity contribution is 0.223. The molecule has 1 saturated heterocycles. The maximum Gasteiger partial charge on any atom is 0.191 e. The predicted molar refractivity (Wildman–Crippen MR) is 130 cm³/mol. The molecule has 0 spiro atoms. The maximum absolute atomic E-state index is 13.3. The van der Waals surface area contributed by atoms with Crippen molar-refractivity contribution in [3.8, 4) is 5.75 Å². The summed E-state index contributed by atoms with van der Waals surface area (Å²) < 4.78 is 19.0. The van der Waals surface area contributed by atoms with Gasteiger partial charge in [0.1, 0.15) is 23.5 Å². The largest absolute Gasteiger partial charge is 0.489 e. The quantitative estimate of drug-likeness (QED) is 0.309. The lowest BCUT2D eigenvalue weighted by atomic mass is 10.2. The molecule has 1 atom stereocenters. The van der Waals surface area contributed by atoms with Gasteiger partial charge in [0.15, 0.2) is 5.96 Å². The molecule has 1 fully saturated rings. The van der Waals surface area contributed by atoms with Crippen LogP contribution in [0.2, 0.25) is 0 Å². The second-order valence-corrected chi connectivity index (χ2v) is 7.18. The van der Waals surface area contributed by atoms with Crippen molar-refractivity contribution in [2.45, 2.75) is 39.3 Å². The predicted octanol–water partition coefficient (Wildman–Crippen LogP) is 3.96. The second kappa shape index (κ2) is 12.6. The van der Waals surface area contributed by atoms with E-state index in [-0.39, 0.29) is 35.9 Å². The van der Waals surface area contributed by atoms with Crippen molar-refractivity contribution in [3.63, 3.8) is 0 Å². The maximum atomic E-state index is 13.3. The summed E-state index contributed by atoms with van der Waals surface area (Å²) >= 11 is 0. The van der Waals surface area contributed by atoms with Gasteiger partial charge in [-0.3, -0.25) is 0 Å². The lowest BCUT2D eigenvalue weighted by Gasteiger charge is -2.18. The van der Waals surface area contributed by atoms with E-state index in [4.69, 9.17) is 4.74 Å². The van der Waals surface area contributed by atoms with Crippen LogP contribution in [0.25, 0.3) is 0 Å². The first-order chi connectivity index (χ1) is 14.1. The standard InChI is InChI=1S/C22H30FN5O.HI/c1-3-24-22(26-15-17(2)29-20-8-6-7-19(23)14-20)27-16-18-9-10-25-21(13-18)28-11-4-5-12-28;/h6-10,13-14,17H,3-5,11-12,15-16H2,1-2H3,(H2,24,26,27);1H. The summed E-state index contributed by atoms with van der Waals surface area (Å²) in [6.07, 6.45) is 4.18. The number of aliphatic imine (C=N–C) groups is 1. The van der Waals surface area contributed by atoms with Gasteiger partial charge >= 0.3 is 0 Å². The summed E-state index contributed by atoms with van der Waals surface area (Å²) in [6, 6.07) is 10.3. The minimum Gasteiger partial charge on any atom is -0.489 e. The van der Waals surface area contributed by atoms with E-state index in [0.29, 0.717) is 18.8 Å². The molecule has 6 nitrogen and oxygen atoms in total. The van der Waals surface area contributed by atoms with E-state index in [1.807, 2.05) is 26.1 Å². The van der Waals surface area contributed by atoms with Crippen LogP contribution in [0.5, 0.6) is 5.75 Å². The molecule has 0 bridgehead atoms. The van der Waals surface area contributed by atoms with Crippen LogP contribution in [0.4, 0.5) is 10.2 Å². The van der Waals surface area contributed by atoms with Gasteiger partial charge in [-0.15, -0.1) is 24.0 Å². The molecule has 1 aliphatic heterocycles. The van der Waals surface area contributed by atoms with E-state index in [1.165, 1.54) is 25.0 Å². The van der Waals surface area contributed by atoms with Crippen molar-refractivity contribution in [1.29, 1.82) is 0 Å². The van der Waals surface area contributed by atoms with Crippen LogP contribution in [0.3, 0.4) is 0 Å². The smallest absolute Gasteiger partial charge is 0.191 e. The Morgan fingerprint density at radius 2 is 2.03 bits per heavy atom. The highest BCUT2D eigenvalue weighted by Crippen LogP contribution is 2.18. The van der Waals surface area contributed by atoms with E-state index < -0.39 is 0 Å².